The second-order valence-corrected chi connectivity index (χ2v) is 7.48. The van der Waals surface area contributed by atoms with Gasteiger partial charge in [0.15, 0.2) is 29.6 Å². The summed E-state index contributed by atoms with van der Waals surface area (Å²) in [6.07, 6.45) is 0.836. The summed E-state index contributed by atoms with van der Waals surface area (Å²) in [4.78, 5) is 12.1. The highest BCUT2D eigenvalue weighted by Gasteiger charge is 2.14. The second-order valence-electron chi connectivity index (χ2n) is 7.48. The van der Waals surface area contributed by atoms with Crippen LogP contribution in [0.2, 0.25) is 0 Å². The zero-order chi connectivity index (χ0) is 24.6. The van der Waals surface area contributed by atoms with Gasteiger partial charge in [-0.15, -0.1) is 15.3 Å². The number of nitrogens with one attached hydrogen (secondary N) is 1. The lowest BCUT2D eigenvalue weighted by Gasteiger charge is -2.11. The summed E-state index contributed by atoms with van der Waals surface area (Å²) in [6.45, 7) is 2.53. The number of hydrogen-bond acceptors (Lipinski definition) is 8. The molecule has 2 aromatic carbocycles. The molecule has 35 heavy (non-hydrogen) atoms. The van der Waals surface area contributed by atoms with E-state index in [0.717, 1.165) is 23.3 Å². The molecule has 0 radical (unpaired) electrons. The van der Waals surface area contributed by atoms with Crippen LogP contribution in [0.3, 0.4) is 0 Å². The van der Waals surface area contributed by atoms with E-state index in [-0.39, 0.29) is 19.1 Å². The third-order valence-corrected chi connectivity index (χ3v) is 5.27. The minimum atomic E-state index is -0.225. The maximum absolute atomic E-state index is 12.1. The lowest BCUT2D eigenvalue weighted by atomic mass is 10.1. The molecule has 4 rings (SSSR count). The van der Waals surface area contributed by atoms with Crippen molar-refractivity contribution >= 4 is 11.6 Å². The van der Waals surface area contributed by atoms with Crippen LogP contribution in [0.25, 0.3) is 17.0 Å². The Kier molecular flexibility index (Phi) is 7.61. The van der Waals surface area contributed by atoms with Crippen molar-refractivity contribution in [1.82, 2.24) is 25.1 Å². The van der Waals surface area contributed by atoms with E-state index >= 15 is 0 Å². The van der Waals surface area contributed by atoms with Crippen molar-refractivity contribution < 1.29 is 23.7 Å². The van der Waals surface area contributed by atoms with E-state index in [1.165, 1.54) is 0 Å². The highest BCUT2D eigenvalue weighted by molar-refractivity contribution is 5.77. The van der Waals surface area contributed by atoms with Crippen LogP contribution >= 0.6 is 0 Å². The first-order chi connectivity index (χ1) is 17.1. The largest absolute Gasteiger partial charge is 0.493 e. The molecule has 0 atom stereocenters. The van der Waals surface area contributed by atoms with Gasteiger partial charge >= 0.3 is 0 Å². The van der Waals surface area contributed by atoms with Crippen LogP contribution in [0.5, 0.6) is 23.1 Å². The first-order valence-corrected chi connectivity index (χ1v) is 11.2. The smallest absolute Gasteiger partial charge is 0.258 e. The van der Waals surface area contributed by atoms with Gasteiger partial charge in [0.05, 0.1) is 20.8 Å². The normalized spacial score (nSPS) is 10.7. The molecule has 0 aliphatic carbocycles. The molecule has 0 unspecified atom stereocenters. The molecule has 2 aromatic heterocycles. The molecule has 0 saturated carbocycles. The van der Waals surface area contributed by atoms with Gasteiger partial charge in [-0.1, -0.05) is 25.1 Å². The number of hydrogen-bond donors (Lipinski definition) is 1. The Morgan fingerprint density at radius 1 is 0.943 bits per heavy atom. The molecule has 0 fully saturated rings. The topological polar surface area (TPSA) is 109 Å². The number of ether oxygens (including phenoxy) is 4. The molecular formula is C25H27N5O5. The molecule has 10 nitrogen and oxygen atoms in total. The first-order valence-electron chi connectivity index (χ1n) is 11.2. The first kappa shape index (κ1) is 23.8. The molecule has 2 heterocycles. The van der Waals surface area contributed by atoms with Crippen molar-refractivity contribution in [3.63, 3.8) is 0 Å². The summed E-state index contributed by atoms with van der Waals surface area (Å²) < 4.78 is 23.6. The molecule has 0 spiro atoms. The molecule has 0 aliphatic heterocycles. The van der Waals surface area contributed by atoms with Crippen molar-refractivity contribution in [3.05, 3.63) is 60.2 Å². The van der Waals surface area contributed by atoms with Crippen LogP contribution in [0.4, 0.5) is 0 Å². The van der Waals surface area contributed by atoms with Crippen LogP contribution in [-0.2, 0) is 11.2 Å². The minimum absolute atomic E-state index is 0.0589. The molecule has 0 saturated heterocycles. The lowest BCUT2D eigenvalue weighted by molar-refractivity contribution is -0.123. The number of rotatable bonds is 11. The molecular weight excluding hydrogens is 450 g/mol. The van der Waals surface area contributed by atoms with E-state index in [4.69, 9.17) is 18.9 Å². The SMILES string of the molecule is CCc1ccccc1OCC(=O)NCCOc1ccc2nnc(-c3ccc(OC)c(OC)c3)n2n1. The Hall–Kier alpha value is -4.34. The number of aromatic nitrogens is 4. The average molecular weight is 478 g/mol. The number of fused-ring (bicyclic) bond motifs is 1. The van der Waals surface area contributed by atoms with E-state index in [1.54, 1.807) is 43.0 Å². The Bertz CT molecular complexity index is 1310. The number of nitrogens with zero attached hydrogens (tertiary/aromatic N) is 4. The molecule has 10 heteroatoms. The average Bonchev–Trinajstić information content (AvgIpc) is 3.33. The van der Waals surface area contributed by atoms with E-state index in [9.17, 15) is 4.79 Å². The van der Waals surface area contributed by atoms with Gasteiger partial charge in [-0.25, -0.2) is 0 Å². The number of amides is 1. The van der Waals surface area contributed by atoms with Crippen LogP contribution in [-0.4, -0.2) is 59.7 Å². The van der Waals surface area contributed by atoms with Crippen LogP contribution in [0.15, 0.2) is 54.6 Å². The maximum atomic E-state index is 12.1. The summed E-state index contributed by atoms with van der Waals surface area (Å²) >= 11 is 0. The summed E-state index contributed by atoms with van der Waals surface area (Å²) in [5.41, 5.74) is 2.39. The highest BCUT2D eigenvalue weighted by atomic mass is 16.5. The number of aryl methyl sites for hydroxylation is 1. The Morgan fingerprint density at radius 3 is 2.57 bits per heavy atom. The van der Waals surface area contributed by atoms with Crippen molar-refractivity contribution in [1.29, 1.82) is 0 Å². The summed E-state index contributed by atoms with van der Waals surface area (Å²) in [5.74, 6) is 2.59. The van der Waals surface area contributed by atoms with E-state index in [2.05, 4.69) is 20.6 Å². The van der Waals surface area contributed by atoms with Gasteiger partial charge in [-0.2, -0.15) is 4.52 Å². The van der Waals surface area contributed by atoms with Gasteiger partial charge in [0.2, 0.25) is 5.88 Å². The highest BCUT2D eigenvalue weighted by Crippen LogP contribution is 2.31. The summed E-state index contributed by atoms with van der Waals surface area (Å²) in [7, 11) is 3.15. The van der Waals surface area contributed by atoms with Gasteiger partial charge in [0.25, 0.3) is 5.91 Å². The van der Waals surface area contributed by atoms with Crippen LogP contribution in [0.1, 0.15) is 12.5 Å². The number of carbonyl (C=O) groups excluding carboxylic acids is 1. The van der Waals surface area contributed by atoms with E-state index < -0.39 is 0 Å². The van der Waals surface area contributed by atoms with Crippen LogP contribution < -0.4 is 24.3 Å². The molecule has 182 valence electrons. The third kappa shape index (κ3) is 5.60. The zero-order valence-electron chi connectivity index (χ0n) is 19.9. The number of methoxy groups -OCH3 is 2. The van der Waals surface area contributed by atoms with Crippen LogP contribution in [0, 0.1) is 0 Å². The minimum Gasteiger partial charge on any atom is -0.493 e. The van der Waals surface area contributed by atoms with E-state index in [1.807, 2.05) is 37.3 Å². The maximum Gasteiger partial charge on any atom is 0.258 e. The molecule has 4 aromatic rings. The van der Waals surface area contributed by atoms with Gasteiger partial charge in [-0.05, 0) is 42.3 Å². The zero-order valence-corrected chi connectivity index (χ0v) is 19.9. The second kappa shape index (κ2) is 11.2. The predicted octanol–water partition coefficient (Wildman–Crippen LogP) is 2.94. The standard InChI is InChI=1S/C25H27N5O5/c1-4-17-7-5-6-8-19(17)35-16-23(31)26-13-14-34-24-12-11-22-27-28-25(30(22)29-24)18-9-10-20(32-2)21(15-18)33-3/h5-12,15H,4,13-14,16H2,1-3H3,(H,26,31). The fraction of sp³-hybridized carbons (Fsp3) is 0.280. The fourth-order valence-corrected chi connectivity index (χ4v) is 3.48. The van der Waals surface area contributed by atoms with Gasteiger partial charge in [0, 0.05) is 11.6 Å². The predicted molar refractivity (Wildman–Crippen MR) is 129 cm³/mol. The molecule has 1 amide bonds. The Labute approximate surface area is 202 Å². The fourth-order valence-electron chi connectivity index (χ4n) is 3.48. The van der Waals surface area contributed by atoms with E-state index in [0.29, 0.717) is 35.4 Å². The quantitative estimate of drug-likeness (QED) is 0.329. The monoisotopic (exact) mass is 477 g/mol. The van der Waals surface area contributed by atoms with Crippen molar-refractivity contribution in [3.8, 4) is 34.5 Å². The number of benzene rings is 2. The number of carbonyl (C=O) groups is 1. The van der Waals surface area contributed by atoms with Crippen molar-refractivity contribution in [2.45, 2.75) is 13.3 Å². The van der Waals surface area contributed by atoms with Gasteiger partial charge in [0.1, 0.15) is 12.4 Å². The molecule has 0 aliphatic rings. The number of para-hydroxylation sites is 1. The summed E-state index contributed by atoms with van der Waals surface area (Å²) in [5, 5.41) is 15.7. The third-order valence-electron chi connectivity index (χ3n) is 5.27. The molecule has 0 bridgehead atoms. The summed E-state index contributed by atoms with van der Waals surface area (Å²) in [6, 6.07) is 16.6. The van der Waals surface area contributed by atoms with Crippen molar-refractivity contribution in [2.75, 3.05) is 34.0 Å². The molecule has 1 N–H and O–H groups in total. The van der Waals surface area contributed by atoms with Crippen molar-refractivity contribution in [2.24, 2.45) is 0 Å². The Morgan fingerprint density at radius 2 is 1.77 bits per heavy atom. The Balaban J connectivity index is 1.33. The van der Waals surface area contributed by atoms with Gasteiger partial charge < -0.3 is 24.3 Å². The van der Waals surface area contributed by atoms with Gasteiger partial charge in [-0.3, -0.25) is 4.79 Å². The lowest BCUT2D eigenvalue weighted by Crippen LogP contribution is -2.32.